The van der Waals surface area contributed by atoms with Crippen molar-refractivity contribution in [2.75, 3.05) is 5.32 Å². The van der Waals surface area contributed by atoms with Crippen LogP contribution in [0.3, 0.4) is 0 Å². The predicted molar refractivity (Wildman–Crippen MR) is 57.3 cm³/mol. The maximum atomic E-state index is 10.8. The number of carbonyl (C=O) groups is 1. The number of rotatable bonds is 3. The maximum absolute atomic E-state index is 10.8. The largest absolute Gasteiger partial charge is 0.326 e. The second kappa shape index (κ2) is 5.08. The molecule has 4 heteroatoms. The van der Waals surface area contributed by atoms with Gasteiger partial charge in [0.1, 0.15) is 0 Å². The van der Waals surface area contributed by atoms with Crippen molar-refractivity contribution < 1.29 is 9.59 Å². The standard InChI is InChI=1S/C11H12N2O2/c1-8(12-7-14)10-3-5-11(6-4-10)13-9(2)15/h3-6,8H,1-2H3,(H,13,15). The molecule has 0 aliphatic rings. The molecule has 1 aromatic rings. The van der Waals surface area contributed by atoms with Gasteiger partial charge in [-0.2, -0.15) is 4.99 Å². The smallest absolute Gasteiger partial charge is 0.235 e. The van der Waals surface area contributed by atoms with Crippen LogP contribution in [-0.2, 0) is 9.59 Å². The van der Waals surface area contributed by atoms with Crippen LogP contribution in [-0.4, -0.2) is 12.0 Å². The summed E-state index contributed by atoms with van der Waals surface area (Å²) in [6.45, 7) is 3.26. The zero-order valence-electron chi connectivity index (χ0n) is 8.65. The number of hydrogen-bond donors (Lipinski definition) is 1. The molecule has 1 atom stereocenters. The molecule has 0 saturated heterocycles. The van der Waals surface area contributed by atoms with Crippen molar-refractivity contribution in [3.63, 3.8) is 0 Å². The van der Waals surface area contributed by atoms with Crippen molar-refractivity contribution in [1.29, 1.82) is 0 Å². The fourth-order valence-corrected chi connectivity index (χ4v) is 1.20. The number of amides is 1. The van der Waals surface area contributed by atoms with Gasteiger partial charge in [-0.15, -0.1) is 0 Å². The summed E-state index contributed by atoms with van der Waals surface area (Å²) in [5, 5.41) is 2.66. The highest BCUT2D eigenvalue weighted by molar-refractivity contribution is 5.88. The molecule has 1 amide bonds. The lowest BCUT2D eigenvalue weighted by Gasteiger charge is -2.06. The molecule has 1 N–H and O–H groups in total. The molecule has 0 heterocycles. The van der Waals surface area contributed by atoms with Crippen molar-refractivity contribution in [3.05, 3.63) is 29.8 Å². The Morgan fingerprint density at radius 3 is 2.47 bits per heavy atom. The Kier molecular flexibility index (Phi) is 3.77. The van der Waals surface area contributed by atoms with Crippen LogP contribution in [0.4, 0.5) is 5.69 Å². The van der Waals surface area contributed by atoms with E-state index in [1.165, 1.54) is 13.0 Å². The lowest BCUT2D eigenvalue weighted by Crippen LogP contribution is -2.05. The van der Waals surface area contributed by atoms with E-state index in [0.717, 1.165) is 11.3 Å². The number of nitrogens with one attached hydrogen (secondary N) is 1. The summed E-state index contributed by atoms with van der Waals surface area (Å²) in [6, 6.07) is 6.98. The van der Waals surface area contributed by atoms with Gasteiger partial charge in [0.15, 0.2) is 0 Å². The lowest BCUT2D eigenvalue weighted by atomic mass is 10.1. The van der Waals surface area contributed by atoms with E-state index in [1.807, 2.05) is 12.1 Å². The fourth-order valence-electron chi connectivity index (χ4n) is 1.20. The van der Waals surface area contributed by atoms with Gasteiger partial charge in [-0.05, 0) is 24.6 Å². The summed E-state index contributed by atoms with van der Waals surface area (Å²) in [6.07, 6.45) is 1.52. The normalized spacial score (nSPS) is 11.3. The molecule has 0 saturated carbocycles. The number of aliphatic imine (C=N–C) groups is 1. The van der Waals surface area contributed by atoms with Crippen LogP contribution < -0.4 is 5.32 Å². The van der Waals surface area contributed by atoms with E-state index in [4.69, 9.17) is 0 Å². The summed E-state index contributed by atoms with van der Waals surface area (Å²) in [7, 11) is 0. The molecule has 0 fully saturated rings. The molecule has 0 aliphatic heterocycles. The minimum atomic E-state index is -0.200. The molecule has 0 aromatic heterocycles. The van der Waals surface area contributed by atoms with Gasteiger partial charge in [0.2, 0.25) is 12.0 Å². The Morgan fingerprint density at radius 2 is 2.00 bits per heavy atom. The topological polar surface area (TPSA) is 58.5 Å². The van der Waals surface area contributed by atoms with E-state index in [1.54, 1.807) is 19.1 Å². The molecule has 1 rings (SSSR count). The van der Waals surface area contributed by atoms with Crippen LogP contribution in [0.25, 0.3) is 0 Å². The fraction of sp³-hybridized carbons (Fsp3) is 0.273. The summed E-state index contributed by atoms with van der Waals surface area (Å²) in [5.41, 5.74) is 1.64. The van der Waals surface area contributed by atoms with Gasteiger partial charge in [-0.25, -0.2) is 4.79 Å². The van der Waals surface area contributed by atoms with Gasteiger partial charge in [-0.1, -0.05) is 12.1 Å². The van der Waals surface area contributed by atoms with Crippen LogP contribution in [0.5, 0.6) is 0 Å². The monoisotopic (exact) mass is 204 g/mol. The molecule has 0 radical (unpaired) electrons. The zero-order valence-corrected chi connectivity index (χ0v) is 8.65. The van der Waals surface area contributed by atoms with Crippen molar-refractivity contribution in [2.24, 2.45) is 4.99 Å². The van der Waals surface area contributed by atoms with Crippen molar-refractivity contribution >= 4 is 17.7 Å². The highest BCUT2D eigenvalue weighted by atomic mass is 16.1. The minimum absolute atomic E-state index is 0.110. The van der Waals surface area contributed by atoms with E-state index >= 15 is 0 Å². The van der Waals surface area contributed by atoms with Gasteiger partial charge in [0.25, 0.3) is 0 Å². The number of benzene rings is 1. The summed E-state index contributed by atoms with van der Waals surface area (Å²) >= 11 is 0. The Labute approximate surface area is 88.0 Å². The highest BCUT2D eigenvalue weighted by Gasteiger charge is 2.02. The van der Waals surface area contributed by atoms with Crippen LogP contribution in [0.1, 0.15) is 25.5 Å². The Balaban J connectivity index is 2.80. The first-order valence-electron chi connectivity index (χ1n) is 4.58. The number of carbonyl (C=O) groups excluding carboxylic acids is 2. The molecular weight excluding hydrogens is 192 g/mol. The molecule has 4 nitrogen and oxygen atoms in total. The SMILES string of the molecule is CC(=O)Nc1ccc(C(C)N=C=O)cc1. The van der Waals surface area contributed by atoms with E-state index < -0.39 is 0 Å². The van der Waals surface area contributed by atoms with E-state index in [-0.39, 0.29) is 11.9 Å². The first-order chi connectivity index (χ1) is 7.13. The number of isocyanates is 1. The van der Waals surface area contributed by atoms with Gasteiger partial charge >= 0.3 is 0 Å². The lowest BCUT2D eigenvalue weighted by molar-refractivity contribution is -0.114. The van der Waals surface area contributed by atoms with Crippen molar-refractivity contribution in [2.45, 2.75) is 19.9 Å². The summed E-state index contributed by atoms with van der Waals surface area (Å²) in [4.78, 5) is 24.4. The molecule has 78 valence electrons. The Hall–Kier alpha value is -1.93. The van der Waals surface area contributed by atoms with E-state index in [9.17, 15) is 9.59 Å². The molecule has 15 heavy (non-hydrogen) atoms. The average molecular weight is 204 g/mol. The van der Waals surface area contributed by atoms with Crippen LogP contribution in [0, 0.1) is 0 Å². The second-order valence-electron chi connectivity index (χ2n) is 3.20. The van der Waals surface area contributed by atoms with Gasteiger partial charge < -0.3 is 5.32 Å². The summed E-state index contributed by atoms with van der Waals surface area (Å²) < 4.78 is 0. The van der Waals surface area contributed by atoms with E-state index in [0.29, 0.717) is 0 Å². The molecule has 1 aromatic carbocycles. The Morgan fingerprint density at radius 1 is 1.40 bits per heavy atom. The predicted octanol–water partition coefficient (Wildman–Crippen LogP) is 2.04. The molecule has 1 unspecified atom stereocenters. The molecular formula is C11H12N2O2. The van der Waals surface area contributed by atoms with Crippen LogP contribution in [0.15, 0.2) is 29.3 Å². The zero-order chi connectivity index (χ0) is 11.3. The molecule has 0 aliphatic carbocycles. The number of anilines is 1. The molecule has 0 spiro atoms. The quantitative estimate of drug-likeness (QED) is 0.605. The number of hydrogen-bond acceptors (Lipinski definition) is 3. The molecule has 0 bridgehead atoms. The third-order valence-electron chi connectivity index (χ3n) is 1.96. The highest BCUT2D eigenvalue weighted by Crippen LogP contribution is 2.18. The third kappa shape index (κ3) is 3.37. The average Bonchev–Trinajstić information content (AvgIpc) is 2.18. The van der Waals surface area contributed by atoms with Gasteiger partial charge in [0, 0.05) is 12.6 Å². The van der Waals surface area contributed by atoms with Crippen molar-refractivity contribution in [1.82, 2.24) is 0 Å². The number of nitrogens with zero attached hydrogens (tertiary/aromatic N) is 1. The third-order valence-corrected chi connectivity index (χ3v) is 1.96. The summed E-state index contributed by atoms with van der Waals surface area (Å²) in [5.74, 6) is -0.110. The maximum Gasteiger partial charge on any atom is 0.235 e. The van der Waals surface area contributed by atoms with Crippen LogP contribution in [0.2, 0.25) is 0 Å². The first-order valence-corrected chi connectivity index (χ1v) is 4.58. The van der Waals surface area contributed by atoms with Crippen LogP contribution >= 0.6 is 0 Å². The van der Waals surface area contributed by atoms with Gasteiger partial charge in [0.05, 0.1) is 6.04 Å². The minimum Gasteiger partial charge on any atom is -0.326 e. The second-order valence-corrected chi connectivity index (χ2v) is 3.20. The van der Waals surface area contributed by atoms with Gasteiger partial charge in [-0.3, -0.25) is 4.79 Å². The van der Waals surface area contributed by atoms with E-state index in [2.05, 4.69) is 10.3 Å². The first kappa shape index (κ1) is 11.1. The van der Waals surface area contributed by atoms with Crippen molar-refractivity contribution in [3.8, 4) is 0 Å². The Bertz CT molecular complexity index is 392.